The molecule has 0 aliphatic rings. The minimum Gasteiger partial charge on any atom is -0.497 e. The molecule has 3 rings (SSSR count). The van der Waals surface area contributed by atoms with Gasteiger partial charge in [-0.1, -0.05) is 30.3 Å². The summed E-state index contributed by atoms with van der Waals surface area (Å²) in [6.07, 6.45) is 0. The summed E-state index contributed by atoms with van der Waals surface area (Å²) in [6, 6.07) is 18.1. The second-order valence-corrected chi connectivity index (χ2v) is 4.46. The molecule has 0 atom stereocenters. The summed E-state index contributed by atoms with van der Waals surface area (Å²) in [5.74, 6) is 1.03. The number of nitrogens with zero attached hydrogens (tertiary/aromatic N) is 1. The van der Waals surface area contributed by atoms with Crippen LogP contribution in [0.1, 0.15) is 0 Å². The third-order valence-corrected chi connectivity index (χ3v) is 3.08. The van der Waals surface area contributed by atoms with Crippen molar-refractivity contribution in [1.29, 1.82) is 0 Å². The molecule has 0 N–H and O–H groups in total. The Morgan fingerprint density at radius 1 is 0.952 bits per heavy atom. The van der Waals surface area contributed by atoms with E-state index in [0.29, 0.717) is 11.6 Å². The Kier molecular flexibility index (Phi) is 3.51. The molecule has 0 radical (unpaired) electrons. The van der Waals surface area contributed by atoms with E-state index in [1.807, 2.05) is 30.3 Å². The van der Waals surface area contributed by atoms with E-state index in [1.54, 1.807) is 31.4 Å². The fourth-order valence-electron chi connectivity index (χ4n) is 2.01. The van der Waals surface area contributed by atoms with Crippen LogP contribution in [0.3, 0.4) is 0 Å². The Balaban J connectivity index is 2.07. The van der Waals surface area contributed by atoms with E-state index in [2.05, 4.69) is 4.98 Å². The molecule has 3 aromatic rings. The number of hydrogen-bond donors (Lipinski definition) is 0. The zero-order valence-corrected chi connectivity index (χ0v) is 11.4. The van der Waals surface area contributed by atoms with Crippen molar-refractivity contribution in [2.75, 3.05) is 7.11 Å². The van der Waals surface area contributed by atoms with Gasteiger partial charge in [0.1, 0.15) is 5.75 Å². The molecular weight excluding hydrogens is 266 g/mol. The maximum Gasteiger partial charge on any atom is 0.339 e. The van der Waals surface area contributed by atoms with Crippen LogP contribution in [0.15, 0.2) is 69.9 Å². The second-order valence-electron chi connectivity index (χ2n) is 4.46. The van der Waals surface area contributed by atoms with Crippen LogP contribution in [0.5, 0.6) is 5.75 Å². The molecule has 2 aromatic carbocycles. The minimum atomic E-state index is -0.422. The Hall–Kier alpha value is -2.88. The Labute approximate surface area is 121 Å². The van der Waals surface area contributed by atoms with E-state index in [0.717, 1.165) is 16.9 Å². The maximum atomic E-state index is 11.7. The van der Waals surface area contributed by atoms with Crippen LogP contribution in [0.25, 0.3) is 22.7 Å². The Morgan fingerprint density at radius 3 is 2.33 bits per heavy atom. The van der Waals surface area contributed by atoms with E-state index < -0.39 is 5.63 Å². The van der Waals surface area contributed by atoms with Gasteiger partial charge in [0.15, 0.2) is 0 Å². The highest BCUT2D eigenvalue weighted by atomic mass is 16.5. The van der Waals surface area contributed by atoms with Gasteiger partial charge in [-0.3, -0.25) is 0 Å². The average molecular weight is 279 g/mol. The van der Waals surface area contributed by atoms with Gasteiger partial charge in [-0.25, -0.2) is 9.78 Å². The van der Waals surface area contributed by atoms with Gasteiger partial charge in [-0.15, -0.1) is 0 Å². The largest absolute Gasteiger partial charge is 0.497 e. The molecule has 21 heavy (non-hydrogen) atoms. The topological polar surface area (TPSA) is 52.3 Å². The van der Waals surface area contributed by atoms with Crippen molar-refractivity contribution in [3.05, 3.63) is 71.1 Å². The van der Waals surface area contributed by atoms with Crippen LogP contribution in [0, 0.1) is 0 Å². The van der Waals surface area contributed by atoms with Crippen LogP contribution in [-0.4, -0.2) is 12.1 Å². The molecule has 0 fully saturated rings. The quantitative estimate of drug-likeness (QED) is 0.737. The summed E-state index contributed by atoms with van der Waals surface area (Å²) in [4.78, 5) is 16.2. The molecule has 0 aliphatic heterocycles. The summed E-state index contributed by atoms with van der Waals surface area (Å²) in [6.45, 7) is 0. The summed E-state index contributed by atoms with van der Waals surface area (Å²) in [5, 5.41) is 0. The zero-order chi connectivity index (χ0) is 14.7. The van der Waals surface area contributed by atoms with Crippen LogP contribution >= 0.6 is 0 Å². The van der Waals surface area contributed by atoms with Gasteiger partial charge in [0.2, 0.25) is 5.89 Å². The highest BCUT2D eigenvalue weighted by Crippen LogP contribution is 2.22. The van der Waals surface area contributed by atoms with Crippen LogP contribution < -0.4 is 10.4 Å². The third-order valence-electron chi connectivity index (χ3n) is 3.08. The van der Waals surface area contributed by atoms with Crippen LogP contribution in [-0.2, 0) is 0 Å². The molecule has 0 aliphatic carbocycles. The standard InChI is InChI=1S/C17H13NO3/c1-20-14-9-7-13(8-10-14)17-18-15(11-16(19)21-17)12-5-3-2-4-6-12/h2-11H,1H3. The van der Waals surface area contributed by atoms with E-state index in [-0.39, 0.29) is 0 Å². The summed E-state index contributed by atoms with van der Waals surface area (Å²) < 4.78 is 10.3. The first-order valence-electron chi connectivity index (χ1n) is 6.48. The first-order valence-corrected chi connectivity index (χ1v) is 6.48. The van der Waals surface area contributed by atoms with E-state index in [4.69, 9.17) is 9.15 Å². The number of ether oxygens (including phenoxy) is 1. The molecule has 1 aromatic heterocycles. The molecule has 0 saturated heterocycles. The van der Waals surface area contributed by atoms with Crippen molar-refractivity contribution in [2.45, 2.75) is 0 Å². The van der Waals surface area contributed by atoms with E-state index in [1.165, 1.54) is 6.07 Å². The van der Waals surface area contributed by atoms with Crippen molar-refractivity contribution >= 4 is 0 Å². The molecular formula is C17H13NO3. The Morgan fingerprint density at radius 2 is 1.67 bits per heavy atom. The molecule has 0 unspecified atom stereocenters. The van der Waals surface area contributed by atoms with Gasteiger partial charge >= 0.3 is 5.63 Å². The molecule has 0 saturated carbocycles. The molecule has 104 valence electrons. The maximum absolute atomic E-state index is 11.7. The lowest BCUT2D eigenvalue weighted by Gasteiger charge is -2.04. The lowest BCUT2D eigenvalue weighted by atomic mass is 10.1. The molecule has 1 heterocycles. The normalized spacial score (nSPS) is 10.3. The molecule has 0 spiro atoms. The third kappa shape index (κ3) is 2.84. The monoisotopic (exact) mass is 279 g/mol. The minimum absolute atomic E-state index is 0.295. The molecule has 4 nitrogen and oxygen atoms in total. The predicted molar refractivity (Wildman–Crippen MR) is 80.2 cm³/mol. The van der Waals surface area contributed by atoms with Gasteiger partial charge in [0, 0.05) is 11.1 Å². The van der Waals surface area contributed by atoms with Crippen molar-refractivity contribution in [3.63, 3.8) is 0 Å². The first-order chi connectivity index (χ1) is 10.3. The first kappa shape index (κ1) is 13.1. The molecule has 0 amide bonds. The van der Waals surface area contributed by atoms with Gasteiger partial charge in [-0.2, -0.15) is 0 Å². The lowest BCUT2D eigenvalue weighted by molar-refractivity contribution is 0.415. The van der Waals surface area contributed by atoms with E-state index in [9.17, 15) is 4.79 Å². The van der Waals surface area contributed by atoms with Crippen molar-refractivity contribution in [3.8, 4) is 28.5 Å². The molecule has 0 bridgehead atoms. The summed E-state index contributed by atoms with van der Waals surface area (Å²) in [7, 11) is 1.60. The van der Waals surface area contributed by atoms with Gasteiger partial charge < -0.3 is 9.15 Å². The van der Waals surface area contributed by atoms with Crippen molar-refractivity contribution in [2.24, 2.45) is 0 Å². The zero-order valence-electron chi connectivity index (χ0n) is 11.4. The van der Waals surface area contributed by atoms with Crippen LogP contribution in [0.4, 0.5) is 0 Å². The highest BCUT2D eigenvalue weighted by molar-refractivity contribution is 5.62. The van der Waals surface area contributed by atoms with Gasteiger partial charge in [0.05, 0.1) is 18.9 Å². The van der Waals surface area contributed by atoms with Crippen LogP contribution in [0.2, 0.25) is 0 Å². The summed E-state index contributed by atoms with van der Waals surface area (Å²) in [5.41, 5.74) is 1.78. The highest BCUT2D eigenvalue weighted by Gasteiger charge is 2.08. The van der Waals surface area contributed by atoms with E-state index >= 15 is 0 Å². The number of hydrogen-bond acceptors (Lipinski definition) is 4. The predicted octanol–water partition coefficient (Wildman–Crippen LogP) is 3.38. The SMILES string of the molecule is COc1ccc(-c2nc(-c3ccccc3)cc(=O)o2)cc1. The second kappa shape index (κ2) is 5.63. The van der Waals surface area contributed by atoms with Gasteiger partial charge in [0.25, 0.3) is 0 Å². The summed E-state index contributed by atoms with van der Waals surface area (Å²) >= 11 is 0. The molecule has 4 heteroatoms. The van der Waals surface area contributed by atoms with Crippen molar-refractivity contribution < 1.29 is 9.15 Å². The lowest BCUT2D eigenvalue weighted by Crippen LogP contribution is -2.01. The fraction of sp³-hybridized carbons (Fsp3) is 0.0588. The van der Waals surface area contributed by atoms with Crippen molar-refractivity contribution in [1.82, 2.24) is 4.98 Å². The number of benzene rings is 2. The number of methoxy groups -OCH3 is 1. The fourth-order valence-corrected chi connectivity index (χ4v) is 2.01. The number of rotatable bonds is 3. The average Bonchev–Trinajstić information content (AvgIpc) is 2.55. The Bertz CT molecular complexity index is 792. The smallest absolute Gasteiger partial charge is 0.339 e. The van der Waals surface area contributed by atoms with Gasteiger partial charge in [-0.05, 0) is 24.3 Å². The number of aromatic nitrogens is 1.